The molecule has 3 amide bonds. The Hall–Kier alpha value is -0.840. The van der Waals surface area contributed by atoms with E-state index in [1.54, 1.807) is 0 Å². The Morgan fingerprint density at radius 3 is 2.29 bits per heavy atom. The maximum Gasteiger partial charge on any atom is 0.325 e. The van der Waals surface area contributed by atoms with Crippen LogP contribution in [0.3, 0.4) is 0 Å². The van der Waals surface area contributed by atoms with Gasteiger partial charge in [0.1, 0.15) is 5.54 Å². The molecule has 4 nitrogen and oxygen atoms in total. The van der Waals surface area contributed by atoms with Crippen molar-refractivity contribution in [3.8, 4) is 0 Å². The molecule has 0 bridgehead atoms. The highest BCUT2D eigenvalue weighted by Crippen LogP contribution is 2.54. The van der Waals surface area contributed by atoms with Gasteiger partial charge < -0.3 is 5.32 Å². The SMILES string of the molecule is C=C(Br)CN1C(=O)NC(C2CC2)(C2CC2)C1=O. The molecular formula is C12H15BrN2O2. The van der Waals surface area contributed by atoms with E-state index in [0.717, 1.165) is 25.7 Å². The molecule has 0 aromatic heterocycles. The van der Waals surface area contributed by atoms with E-state index in [1.165, 1.54) is 4.90 Å². The molecule has 0 spiro atoms. The molecule has 2 aliphatic carbocycles. The van der Waals surface area contributed by atoms with Crippen LogP contribution in [-0.2, 0) is 4.79 Å². The number of hydrogen-bond donors (Lipinski definition) is 1. The van der Waals surface area contributed by atoms with Crippen LogP contribution in [0.25, 0.3) is 0 Å². The maximum atomic E-state index is 12.5. The first-order valence-electron chi connectivity index (χ1n) is 6.03. The van der Waals surface area contributed by atoms with Gasteiger partial charge in [0, 0.05) is 4.48 Å². The zero-order valence-corrected chi connectivity index (χ0v) is 11.1. The number of urea groups is 1. The van der Waals surface area contributed by atoms with Crippen LogP contribution in [0.2, 0.25) is 0 Å². The third-order valence-corrected chi connectivity index (χ3v) is 4.18. The standard InChI is InChI=1S/C12H15BrN2O2/c1-7(13)6-15-10(16)12(8-2-3-8,9-4-5-9)14-11(15)17/h8-9H,1-6H2,(H,14,17). The third-order valence-electron chi connectivity index (χ3n) is 3.93. The van der Waals surface area contributed by atoms with E-state index >= 15 is 0 Å². The van der Waals surface area contributed by atoms with E-state index in [-0.39, 0.29) is 18.5 Å². The Morgan fingerprint density at radius 2 is 1.88 bits per heavy atom. The van der Waals surface area contributed by atoms with E-state index in [0.29, 0.717) is 16.3 Å². The van der Waals surface area contributed by atoms with Gasteiger partial charge in [0.2, 0.25) is 0 Å². The lowest BCUT2D eigenvalue weighted by atomic mass is 9.87. The molecule has 0 aromatic carbocycles. The quantitative estimate of drug-likeness (QED) is 0.807. The van der Waals surface area contributed by atoms with Crippen LogP contribution >= 0.6 is 15.9 Å². The van der Waals surface area contributed by atoms with E-state index in [1.807, 2.05) is 0 Å². The largest absolute Gasteiger partial charge is 0.325 e. The monoisotopic (exact) mass is 298 g/mol. The lowest BCUT2D eigenvalue weighted by Crippen LogP contribution is -2.51. The van der Waals surface area contributed by atoms with Gasteiger partial charge in [0.15, 0.2) is 0 Å². The van der Waals surface area contributed by atoms with Crippen molar-refractivity contribution in [3.05, 3.63) is 11.1 Å². The van der Waals surface area contributed by atoms with Crippen LogP contribution < -0.4 is 5.32 Å². The second-order valence-corrected chi connectivity index (χ2v) is 6.38. The number of halogens is 1. The van der Waals surface area contributed by atoms with Crippen molar-refractivity contribution >= 4 is 27.9 Å². The van der Waals surface area contributed by atoms with E-state index in [4.69, 9.17) is 0 Å². The average molecular weight is 299 g/mol. The molecule has 0 unspecified atom stereocenters. The van der Waals surface area contributed by atoms with Gasteiger partial charge >= 0.3 is 6.03 Å². The van der Waals surface area contributed by atoms with E-state index < -0.39 is 5.54 Å². The van der Waals surface area contributed by atoms with Crippen LogP contribution in [0.1, 0.15) is 25.7 Å². The number of imide groups is 1. The number of hydrogen-bond acceptors (Lipinski definition) is 2. The molecule has 1 aliphatic heterocycles. The van der Waals surface area contributed by atoms with Crippen molar-refractivity contribution in [1.82, 2.24) is 10.2 Å². The summed E-state index contributed by atoms with van der Waals surface area (Å²) in [6.07, 6.45) is 4.24. The summed E-state index contributed by atoms with van der Waals surface area (Å²) in [4.78, 5) is 25.7. The summed E-state index contributed by atoms with van der Waals surface area (Å²) in [6, 6.07) is -0.255. The Morgan fingerprint density at radius 1 is 1.35 bits per heavy atom. The molecule has 3 aliphatic rings. The number of nitrogens with zero attached hydrogens (tertiary/aromatic N) is 1. The van der Waals surface area contributed by atoms with Crippen molar-refractivity contribution in [1.29, 1.82) is 0 Å². The maximum absolute atomic E-state index is 12.5. The fourth-order valence-electron chi connectivity index (χ4n) is 2.89. The Balaban J connectivity index is 1.89. The first-order valence-corrected chi connectivity index (χ1v) is 6.82. The first kappa shape index (κ1) is 11.3. The average Bonchev–Trinajstić information content (AvgIpc) is 3.14. The predicted molar refractivity (Wildman–Crippen MR) is 66.5 cm³/mol. The number of carbonyl (C=O) groups excluding carboxylic acids is 2. The van der Waals surface area contributed by atoms with Crippen LogP contribution in [0.15, 0.2) is 11.1 Å². The van der Waals surface area contributed by atoms with Crippen molar-refractivity contribution in [2.24, 2.45) is 11.8 Å². The van der Waals surface area contributed by atoms with Gasteiger partial charge in [-0.3, -0.25) is 9.69 Å². The highest BCUT2D eigenvalue weighted by atomic mass is 79.9. The van der Waals surface area contributed by atoms with Gasteiger partial charge in [-0.05, 0) is 37.5 Å². The fourth-order valence-corrected chi connectivity index (χ4v) is 3.14. The third kappa shape index (κ3) is 1.63. The summed E-state index contributed by atoms with van der Waals surface area (Å²) >= 11 is 3.21. The van der Waals surface area contributed by atoms with E-state index in [9.17, 15) is 9.59 Å². The fraction of sp³-hybridized carbons (Fsp3) is 0.667. The number of rotatable bonds is 4. The lowest BCUT2D eigenvalue weighted by molar-refractivity contribution is -0.132. The first-order chi connectivity index (χ1) is 8.05. The van der Waals surface area contributed by atoms with Crippen LogP contribution in [0, 0.1) is 11.8 Å². The summed E-state index contributed by atoms with van der Waals surface area (Å²) in [7, 11) is 0. The van der Waals surface area contributed by atoms with Gasteiger partial charge in [-0.25, -0.2) is 4.79 Å². The Labute approximate surface area is 109 Å². The van der Waals surface area contributed by atoms with Gasteiger partial charge in [-0.2, -0.15) is 0 Å². The molecule has 92 valence electrons. The number of carbonyl (C=O) groups is 2. The van der Waals surface area contributed by atoms with Gasteiger partial charge in [0.05, 0.1) is 6.54 Å². The second kappa shape index (κ2) is 3.57. The normalized spacial score (nSPS) is 27.2. The molecule has 2 saturated carbocycles. The minimum atomic E-state index is -0.570. The highest BCUT2D eigenvalue weighted by molar-refractivity contribution is 9.11. The molecule has 0 radical (unpaired) electrons. The molecule has 5 heteroatoms. The molecule has 0 aromatic rings. The van der Waals surface area contributed by atoms with Crippen molar-refractivity contribution in [2.45, 2.75) is 31.2 Å². The number of amides is 3. The summed E-state index contributed by atoms with van der Waals surface area (Å²) in [6.45, 7) is 3.97. The molecule has 0 atom stereocenters. The Kier molecular flexibility index (Phi) is 2.37. The van der Waals surface area contributed by atoms with Gasteiger partial charge in [0.25, 0.3) is 5.91 Å². The zero-order chi connectivity index (χ0) is 12.2. The molecule has 17 heavy (non-hydrogen) atoms. The minimum Gasteiger partial charge on any atom is -0.323 e. The van der Waals surface area contributed by atoms with Crippen LogP contribution in [-0.4, -0.2) is 28.9 Å². The summed E-state index contributed by atoms with van der Waals surface area (Å²) in [5.41, 5.74) is -0.570. The predicted octanol–water partition coefficient (Wildman–Crippen LogP) is 2.01. The smallest absolute Gasteiger partial charge is 0.323 e. The van der Waals surface area contributed by atoms with E-state index in [2.05, 4.69) is 27.8 Å². The molecule has 1 saturated heterocycles. The van der Waals surface area contributed by atoms with Gasteiger partial charge in [-0.1, -0.05) is 22.5 Å². The number of nitrogens with one attached hydrogen (secondary N) is 1. The summed E-state index contributed by atoms with van der Waals surface area (Å²) in [5, 5.41) is 2.97. The van der Waals surface area contributed by atoms with Crippen LogP contribution in [0.5, 0.6) is 0 Å². The minimum absolute atomic E-state index is 0.0342. The summed E-state index contributed by atoms with van der Waals surface area (Å²) < 4.78 is 0.656. The lowest BCUT2D eigenvalue weighted by Gasteiger charge is -2.26. The molecule has 1 heterocycles. The Bertz CT molecular complexity index is 401. The second-order valence-electron chi connectivity index (χ2n) is 5.26. The molecule has 3 rings (SSSR count). The van der Waals surface area contributed by atoms with Crippen molar-refractivity contribution in [3.63, 3.8) is 0 Å². The van der Waals surface area contributed by atoms with Crippen molar-refractivity contribution < 1.29 is 9.59 Å². The van der Waals surface area contributed by atoms with Crippen LogP contribution in [0.4, 0.5) is 4.79 Å². The highest BCUT2D eigenvalue weighted by Gasteiger charge is 2.65. The molecule has 3 fully saturated rings. The molecule has 1 N–H and O–H groups in total. The molecular weight excluding hydrogens is 284 g/mol. The van der Waals surface area contributed by atoms with Gasteiger partial charge in [-0.15, -0.1) is 0 Å². The van der Waals surface area contributed by atoms with Crippen molar-refractivity contribution in [2.75, 3.05) is 6.54 Å². The topological polar surface area (TPSA) is 49.4 Å². The zero-order valence-electron chi connectivity index (χ0n) is 9.54. The summed E-state index contributed by atoms with van der Waals surface area (Å²) in [5.74, 6) is 0.688.